The van der Waals surface area contributed by atoms with Crippen molar-refractivity contribution in [2.45, 2.75) is 89.9 Å². The average molecular weight is 664 g/mol. The van der Waals surface area contributed by atoms with Gasteiger partial charge in [0.1, 0.15) is 24.2 Å². The number of hydrogen-bond acceptors (Lipinski definition) is 9. The van der Waals surface area contributed by atoms with Gasteiger partial charge in [-0.05, 0) is 30.7 Å². The standard InChI is InChI=1S/C31H45N5O11/c1-5-24(37)34-22(16-19-9-7-6-8-10-19)28(43)32-17-25(38)33-20(11-13-26(39)40)29(44)35-21(12-14-27(41)42)30(45)36-23(15-18(2)3)31(46)47-4/h6-10,18,20-23H,5,11-17H2,1-4H3,(H,32,43)(H,33,38)(H,34,37)(H,35,44)(H,36,45)(H,39,40)(H,41,42)/t20-,21-,22-,23-/m0/s1. The minimum absolute atomic E-state index is 0.0425. The van der Waals surface area contributed by atoms with E-state index in [0.717, 1.165) is 12.7 Å². The molecule has 0 heterocycles. The quantitative estimate of drug-likeness (QED) is 0.0837. The third-order valence-corrected chi connectivity index (χ3v) is 6.77. The first kappa shape index (κ1) is 40.0. The van der Waals surface area contributed by atoms with Gasteiger partial charge < -0.3 is 41.5 Å². The van der Waals surface area contributed by atoms with Gasteiger partial charge in [0.2, 0.25) is 29.5 Å². The lowest BCUT2D eigenvalue weighted by molar-refractivity contribution is -0.146. The Morgan fingerprint density at radius 1 is 0.702 bits per heavy atom. The summed E-state index contributed by atoms with van der Waals surface area (Å²) in [4.78, 5) is 98.8. The molecule has 0 saturated heterocycles. The van der Waals surface area contributed by atoms with Gasteiger partial charge in [-0.3, -0.25) is 33.6 Å². The summed E-state index contributed by atoms with van der Waals surface area (Å²) in [5.41, 5.74) is 0.752. The van der Waals surface area contributed by atoms with Gasteiger partial charge in [-0.15, -0.1) is 0 Å². The summed E-state index contributed by atoms with van der Waals surface area (Å²) in [5.74, 6) is -7.16. The average Bonchev–Trinajstić information content (AvgIpc) is 3.02. The highest BCUT2D eigenvalue weighted by molar-refractivity contribution is 5.95. The lowest BCUT2D eigenvalue weighted by Crippen LogP contribution is -2.57. The zero-order valence-corrected chi connectivity index (χ0v) is 27.0. The van der Waals surface area contributed by atoms with Crippen molar-refractivity contribution >= 4 is 47.4 Å². The summed E-state index contributed by atoms with van der Waals surface area (Å²) >= 11 is 0. The van der Waals surface area contributed by atoms with Crippen LogP contribution < -0.4 is 26.6 Å². The third-order valence-electron chi connectivity index (χ3n) is 6.77. The zero-order chi connectivity index (χ0) is 35.5. The molecule has 4 atom stereocenters. The minimum atomic E-state index is -1.50. The first-order valence-electron chi connectivity index (χ1n) is 15.2. The number of carbonyl (C=O) groups excluding carboxylic acids is 6. The first-order valence-corrected chi connectivity index (χ1v) is 15.2. The summed E-state index contributed by atoms with van der Waals surface area (Å²) in [5, 5.41) is 30.5. The number of nitrogens with one attached hydrogen (secondary N) is 5. The summed E-state index contributed by atoms with van der Waals surface area (Å²) < 4.78 is 4.73. The molecule has 1 aromatic carbocycles. The normalized spacial score (nSPS) is 13.2. The number of carboxylic acid groups (broad SMARTS) is 2. The molecule has 0 spiro atoms. The molecule has 1 rings (SSSR count). The van der Waals surface area contributed by atoms with E-state index in [1.54, 1.807) is 51.1 Å². The molecule has 0 unspecified atom stereocenters. The van der Waals surface area contributed by atoms with Crippen molar-refractivity contribution in [3.05, 3.63) is 35.9 Å². The van der Waals surface area contributed by atoms with Crippen LogP contribution in [-0.4, -0.2) is 95.5 Å². The van der Waals surface area contributed by atoms with Gasteiger partial charge in [-0.2, -0.15) is 0 Å². The Kier molecular flexibility index (Phi) is 17.8. The summed E-state index contributed by atoms with van der Waals surface area (Å²) in [7, 11) is 1.13. The molecule has 0 radical (unpaired) electrons. The molecule has 7 N–H and O–H groups in total. The van der Waals surface area contributed by atoms with E-state index in [1.807, 2.05) is 0 Å². The molecular formula is C31H45N5O11. The molecule has 0 aliphatic carbocycles. The summed E-state index contributed by atoms with van der Waals surface area (Å²) in [6, 6.07) is 3.78. The molecule has 47 heavy (non-hydrogen) atoms. The molecule has 0 aliphatic rings. The lowest BCUT2D eigenvalue weighted by Gasteiger charge is -2.25. The van der Waals surface area contributed by atoms with Crippen LogP contribution in [0.25, 0.3) is 0 Å². The number of amides is 5. The van der Waals surface area contributed by atoms with E-state index in [1.165, 1.54) is 0 Å². The summed E-state index contributed by atoms with van der Waals surface area (Å²) in [6.07, 6.45) is -1.45. The predicted octanol–water partition coefficient (Wildman–Crippen LogP) is -0.357. The van der Waals surface area contributed by atoms with Gasteiger partial charge >= 0.3 is 17.9 Å². The largest absolute Gasteiger partial charge is 0.481 e. The van der Waals surface area contributed by atoms with Gasteiger partial charge in [0.05, 0.1) is 13.7 Å². The second-order valence-corrected chi connectivity index (χ2v) is 11.1. The SMILES string of the molecule is CCC(=O)N[C@@H](Cc1ccccc1)C(=O)NCC(=O)N[C@@H](CCC(=O)O)C(=O)N[C@@H](CCC(=O)O)C(=O)N[C@@H](CC(C)C)C(=O)OC. The monoisotopic (exact) mass is 663 g/mol. The van der Waals surface area contributed by atoms with Gasteiger partial charge in [-0.1, -0.05) is 51.1 Å². The highest BCUT2D eigenvalue weighted by atomic mass is 16.5. The molecule has 260 valence electrons. The predicted molar refractivity (Wildman–Crippen MR) is 166 cm³/mol. The number of ether oxygens (including phenoxy) is 1. The number of benzene rings is 1. The smallest absolute Gasteiger partial charge is 0.328 e. The van der Waals surface area contributed by atoms with Crippen LogP contribution in [0.5, 0.6) is 0 Å². The Labute approximate surface area is 272 Å². The Hall–Kier alpha value is -5.02. The molecule has 5 amide bonds. The fraction of sp³-hybridized carbons (Fsp3) is 0.548. The fourth-order valence-corrected chi connectivity index (χ4v) is 4.34. The molecule has 1 aromatic rings. The third kappa shape index (κ3) is 16.2. The van der Waals surface area contributed by atoms with E-state index in [9.17, 15) is 43.5 Å². The van der Waals surface area contributed by atoms with Crippen LogP contribution in [0.4, 0.5) is 0 Å². The Balaban J connectivity index is 3.05. The molecule has 0 bridgehead atoms. The van der Waals surface area contributed by atoms with Crippen LogP contribution in [0, 0.1) is 5.92 Å². The maximum Gasteiger partial charge on any atom is 0.328 e. The van der Waals surface area contributed by atoms with E-state index in [0.29, 0.717) is 0 Å². The fourth-order valence-electron chi connectivity index (χ4n) is 4.34. The van der Waals surface area contributed by atoms with Crippen LogP contribution in [0.1, 0.15) is 64.9 Å². The molecule has 0 fully saturated rings. The molecule has 0 aliphatic heterocycles. The highest BCUT2D eigenvalue weighted by Gasteiger charge is 2.31. The van der Waals surface area contributed by atoms with Crippen LogP contribution in [0.15, 0.2) is 30.3 Å². The maximum atomic E-state index is 13.2. The highest BCUT2D eigenvalue weighted by Crippen LogP contribution is 2.09. The molecule has 16 heteroatoms. The van der Waals surface area contributed by atoms with E-state index in [2.05, 4.69) is 26.6 Å². The Morgan fingerprint density at radius 2 is 1.21 bits per heavy atom. The van der Waals surface area contributed by atoms with Crippen molar-refractivity contribution in [2.75, 3.05) is 13.7 Å². The van der Waals surface area contributed by atoms with E-state index in [-0.39, 0.29) is 37.5 Å². The molecule has 0 saturated carbocycles. The minimum Gasteiger partial charge on any atom is -0.481 e. The van der Waals surface area contributed by atoms with E-state index in [4.69, 9.17) is 9.84 Å². The first-order chi connectivity index (χ1) is 22.2. The van der Waals surface area contributed by atoms with E-state index < -0.39 is 91.5 Å². The van der Waals surface area contributed by atoms with Crippen molar-refractivity contribution in [3.8, 4) is 0 Å². The number of methoxy groups -OCH3 is 1. The molecule has 16 nitrogen and oxygen atoms in total. The van der Waals surface area contributed by atoms with Crippen LogP contribution >= 0.6 is 0 Å². The van der Waals surface area contributed by atoms with Gasteiger partial charge in [0.15, 0.2) is 0 Å². The second-order valence-electron chi connectivity index (χ2n) is 11.1. The number of carboxylic acids is 2. The van der Waals surface area contributed by atoms with Crippen molar-refractivity contribution < 1.29 is 53.3 Å². The van der Waals surface area contributed by atoms with Crippen LogP contribution in [0.2, 0.25) is 0 Å². The molecule has 0 aromatic heterocycles. The number of carbonyl (C=O) groups is 8. The topological polar surface area (TPSA) is 246 Å². The zero-order valence-electron chi connectivity index (χ0n) is 27.0. The number of aliphatic carboxylic acids is 2. The number of hydrogen-bond donors (Lipinski definition) is 7. The number of rotatable bonds is 21. The van der Waals surface area contributed by atoms with E-state index >= 15 is 0 Å². The van der Waals surface area contributed by atoms with Crippen molar-refractivity contribution in [2.24, 2.45) is 5.92 Å². The van der Waals surface area contributed by atoms with Crippen LogP contribution in [0.3, 0.4) is 0 Å². The Morgan fingerprint density at radius 3 is 1.70 bits per heavy atom. The second kappa shape index (κ2) is 20.9. The molecular weight excluding hydrogens is 618 g/mol. The number of esters is 1. The van der Waals surface area contributed by atoms with Gasteiger partial charge in [0, 0.05) is 25.7 Å². The summed E-state index contributed by atoms with van der Waals surface area (Å²) in [6.45, 7) is 4.58. The van der Waals surface area contributed by atoms with Crippen LogP contribution in [-0.2, 0) is 49.5 Å². The Bertz CT molecular complexity index is 1260. The lowest BCUT2D eigenvalue weighted by atomic mass is 10.0. The van der Waals surface area contributed by atoms with Gasteiger partial charge in [0.25, 0.3) is 0 Å². The maximum absolute atomic E-state index is 13.2. The van der Waals surface area contributed by atoms with Crippen molar-refractivity contribution in [3.63, 3.8) is 0 Å². The van der Waals surface area contributed by atoms with Crippen molar-refractivity contribution in [1.29, 1.82) is 0 Å². The van der Waals surface area contributed by atoms with Gasteiger partial charge in [-0.25, -0.2) is 4.79 Å². The van der Waals surface area contributed by atoms with Crippen molar-refractivity contribution in [1.82, 2.24) is 26.6 Å².